The number of hydrogen-bond acceptors (Lipinski definition) is 7. The van der Waals surface area contributed by atoms with Crippen LogP contribution in [0.3, 0.4) is 0 Å². The molecule has 1 atom stereocenters. The zero-order chi connectivity index (χ0) is 29.2. The molecule has 0 radical (unpaired) electrons. The molecule has 3 aromatic carbocycles. The van der Waals surface area contributed by atoms with Crippen molar-refractivity contribution in [3.8, 4) is 34.3 Å². The van der Waals surface area contributed by atoms with Gasteiger partial charge in [0.2, 0.25) is 11.8 Å². The normalized spacial score (nSPS) is 14.0. The average molecular weight is 573 g/mol. The highest BCUT2D eigenvalue weighted by molar-refractivity contribution is 5.79. The number of imidazole rings is 1. The van der Waals surface area contributed by atoms with Gasteiger partial charge in [0.1, 0.15) is 24.0 Å². The quantitative estimate of drug-likeness (QED) is 0.202. The molecule has 0 saturated heterocycles. The van der Waals surface area contributed by atoms with Crippen molar-refractivity contribution in [3.63, 3.8) is 0 Å². The second-order valence-corrected chi connectivity index (χ2v) is 10.4. The molecule has 0 spiro atoms. The molecule has 3 aromatic heterocycles. The van der Waals surface area contributed by atoms with E-state index in [1.165, 1.54) is 12.1 Å². The van der Waals surface area contributed by atoms with Crippen molar-refractivity contribution in [1.82, 2.24) is 24.5 Å². The van der Waals surface area contributed by atoms with E-state index in [-0.39, 0.29) is 11.9 Å². The first-order valence-corrected chi connectivity index (χ1v) is 14.2. The molecular weight excluding hydrogens is 543 g/mol. The van der Waals surface area contributed by atoms with Gasteiger partial charge in [-0.25, -0.2) is 24.3 Å². The zero-order valence-electron chi connectivity index (χ0n) is 23.6. The number of halogens is 1. The lowest BCUT2D eigenvalue weighted by Crippen LogP contribution is -2.16. The standard InChI is InChI=1S/C34H29FN6O2/c1-42-27-14-6-22(7-15-27)20-37-34-36-19-18-29(39-34)33-32(24-8-11-25(35)12-9-24)40-30-16-13-26(41(30)33)21-43-31-17-10-23-4-2-3-5-28(23)38-31/h2-12,14-15,17-19,26H,13,16,20-21H2,1H3,(H,36,37,39). The molecule has 43 heavy (non-hydrogen) atoms. The Kier molecular flexibility index (Phi) is 7.12. The Morgan fingerprint density at radius 3 is 2.58 bits per heavy atom. The van der Waals surface area contributed by atoms with E-state index in [2.05, 4.69) is 19.9 Å². The summed E-state index contributed by atoms with van der Waals surface area (Å²) in [6.45, 7) is 0.982. The molecule has 9 heteroatoms. The van der Waals surface area contributed by atoms with Crippen LogP contribution in [0.15, 0.2) is 97.2 Å². The van der Waals surface area contributed by atoms with Gasteiger partial charge >= 0.3 is 0 Å². The molecule has 4 heterocycles. The molecule has 1 N–H and O–H groups in total. The maximum atomic E-state index is 13.8. The topological polar surface area (TPSA) is 87.0 Å². The van der Waals surface area contributed by atoms with Gasteiger partial charge in [-0.1, -0.05) is 30.3 Å². The number of aryl methyl sites for hydroxylation is 1. The molecule has 1 aliphatic heterocycles. The van der Waals surface area contributed by atoms with Gasteiger partial charge in [-0.2, -0.15) is 0 Å². The van der Waals surface area contributed by atoms with Crippen molar-refractivity contribution in [3.05, 3.63) is 114 Å². The van der Waals surface area contributed by atoms with Crippen molar-refractivity contribution < 1.29 is 13.9 Å². The highest BCUT2D eigenvalue weighted by atomic mass is 19.1. The molecule has 8 nitrogen and oxygen atoms in total. The van der Waals surface area contributed by atoms with Crippen molar-refractivity contribution in [2.24, 2.45) is 0 Å². The summed E-state index contributed by atoms with van der Waals surface area (Å²) in [6.07, 6.45) is 3.41. The smallest absolute Gasteiger partial charge is 0.223 e. The van der Waals surface area contributed by atoms with E-state index in [0.29, 0.717) is 25.0 Å². The van der Waals surface area contributed by atoms with E-state index in [1.807, 2.05) is 66.7 Å². The van der Waals surface area contributed by atoms with Crippen LogP contribution in [-0.4, -0.2) is 38.2 Å². The lowest BCUT2D eigenvalue weighted by Gasteiger charge is -2.18. The minimum Gasteiger partial charge on any atom is -0.497 e. The molecular formula is C34H29FN6O2. The summed E-state index contributed by atoms with van der Waals surface area (Å²) >= 11 is 0. The van der Waals surface area contributed by atoms with Crippen molar-refractivity contribution in [1.29, 1.82) is 0 Å². The first-order valence-electron chi connectivity index (χ1n) is 14.2. The second-order valence-electron chi connectivity index (χ2n) is 10.4. The number of para-hydroxylation sites is 1. The summed E-state index contributed by atoms with van der Waals surface area (Å²) in [5.74, 6) is 2.54. The van der Waals surface area contributed by atoms with Gasteiger partial charge < -0.3 is 19.4 Å². The van der Waals surface area contributed by atoms with Gasteiger partial charge in [-0.05, 0) is 66.6 Å². The summed E-state index contributed by atoms with van der Waals surface area (Å²) in [5.41, 5.74) is 5.12. The van der Waals surface area contributed by atoms with Crippen LogP contribution in [0.2, 0.25) is 0 Å². The van der Waals surface area contributed by atoms with Gasteiger partial charge in [-0.3, -0.25) is 0 Å². The fourth-order valence-electron chi connectivity index (χ4n) is 5.49. The SMILES string of the molecule is COc1ccc(CNc2nccc(-c3c(-c4ccc(F)cc4)nc4n3C(COc3ccc5ccccc5n3)CC4)n2)cc1. The Balaban J connectivity index is 1.20. The van der Waals surface area contributed by atoms with Gasteiger partial charge in [0, 0.05) is 36.2 Å². The number of rotatable bonds is 9. The largest absolute Gasteiger partial charge is 0.497 e. The van der Waals surface area contributed by atoms with E-state index in [9.17, 15) is 4.39 Å². The number of pyridine rings is 1. The number of benzene rings is 3. The van der Waals surface area contributed by atoms with E-state index in [0.717, 1.165) is 63.5 Å². The third-order valence-electron chi connectivity index (χ3n) is 7.67. The van der Waals surface area contributed by atoms with Gasteiger partial charge in [0.25, 0.3) is 0 Å². The van der Waals surface area contributed by atoms with Crippen LogP contribution >= 0.6 is 0 Å². The van der Waals surface area contributed by atoms with Gasteiger partial charge in [0.15, 0.2) is 0 Å². The average Bonchev–Trinajstić information content (AvgIpc) is 3.63. The Bertz CT molecular complexity index is 1890. The predicted octanol–water partition coefficient (Wildman–Crippen LogP) is 6.88. The number of nitrogens with zero attached hydrogens (tertiary/aromatic N) is 5. The highest BCUT2D eigenvalue weighted by Crippen LogP contribution is 2.39. The summed E-state index contributed by atoms with van der Waals surface area (Å²) in [6, 6.07) is 28.1. The third-order valence-corrected chi connectivity index (χ3v) is 7.67. The number of anilines is 1. The maximum absolute atomic E-state index is 13.8. The second kappa shape index (κ2) is 11.5. The van der Waals surface area contributed by atoms with E-state index in [1.54, 1.807) is 25.4 Å². The summed E-state index contributed by atoms with van der Waals surface area (Å²) in [7, 11) is 1.65. The van der Waals surface area contributed by atoms with E-state index < -0.39 is 0 Å². The Hall–Kier alpha value is -5.31. The third kappa shape index (κ3) is 5.49. The molecule has 214 valence electrons. The molecule has 0 amide bonds. The first-order chi connectivity index (χ1) is 21.1. The van der Waals surface area contributed by atoms with Crippen molar-refractivity contribution in [2.45, 2.75) is 25.4 Å². The minimum atomic E-state index is -0.293. The molecule has 1 unspecified atom stereocenters. The number of nitrogens with one attached hydrogen (secondary N) is 1. The zero-order valence-corrected chi connectivity index (χ0v) is 23.6. The minimum absolute atomic E-state index is 0.0191. The molecule has 0 aliphatic carbocycles. The number of hydrogen-bond donors (Lipinski definition) is 1. The molecule has 7 rings (SSSR count). The lowest BCUT2D eigenvalue weighted by molar-refractivity contribution is 0.248. The van der Waals surface area contributed by atoms with Crippen LogP contribution in [0, 0.1) is 5.82 Å². The Morgan fingerprint density at radius 1 is 0.907 bits per heavy atom. The maximum Gasteiger partial charge on any atom is 0.223 e. The molecule has 0 fully saturated rings. The van der Waals surface area contributed by atoms with Crippen LogP contribution in [-0.2, 0) is 13.0 Å². The van der Waals surface area contributed by atoms with Crippen molar-refractivity contribution in [2.75, 3.05) is 19.0 Å². The molecule has 0 bridgehead atoms. The van der Waals surface area contributed by atoms with Crippen LogP contribution in [0.4, 0.5) is 10.3 Å². The number of methoxy groups -OCH3 is 1. The Labute approximate surface area is 248 Å². The number of fused-ring (bicyclic) bond motifs is 2. The lowest BCUT2D eigenvalue weighted by atomic mass is 10.1. The monoisotopic (exact) mass is 572 g/mol. The summed E-state index contributed by atoms with van der Waals surface area (Å²) < 4.78 is 27.6. The predicted molar refractivity (Wildman–Crippen MR) is 164 cm³/mol. The first kappa shape index (κ1) is 26.6. The Morgan fingerprint density at radius 2 is 1.74 bits per heavy atom. The van der Waals surface area contributed by atoms with Crippen LogP contribution < -0.4 is 14.8 Å². The van der Waals surface area contributed by atoms with Gasteiger partial charge in [-0.15, -0.1) is 0 Å². The molecule has 0 saturated carbocycles. The van der Waals surface area contributed by atoms with Crippen LogP contribution in [0.25, 0.3) is 33.5 Å². The van der Waals surface area contributed by atoms with Crippen molar-refractivity contribution >= 4 is 16.9 Å². The van der Waals surface area contributed by atoms with Crippen LogP contribution in [0.1, 0.15) is 23.9 Å². The van der Waals surface area contributed by atoms with E-state index in [4.69, 9.17) is 19.4 Å². The van der Waals surface area contributed by atoms with E-state index >= 15 is 0 Å². The number of ether oxygens (including phenoxy) is 2. The summed E-state index contributed by atoms with van der Waals surface area (Å²) in [4.78, 5) is 19.1. The number of aromatic nitrogens is 5. The molecule has 1 aliphatic rings. The fraction of sp³-hybridized carbons (Fsp3) is 0.176. The van der Waals surface area contributed by atoms with Gasteiger partial charge in [0.05, 0.1) is 35.8 Å². The highest BCUT2D eigenvalue weighted by Gasteiger charge is 2.31. The fourth-order valence-corrected chi connectivity index (χ4v) is 5.49. The summed E-state index contributed by atoms with van der Waals surface area (Å²) in [5, 5.41) is 4.40. The molecule has 6 aromatic rings. The van der Waals surface area contributed by atoms with Crippen LogP contribution in [0.5, 0.6) is 11.6 Å².